The second-order valence-corrected chi connectivity index (χ2v) is 7.63. The van der Waals surface area contributed by atoms with E-state index in [0.717, 1.165) is 25.6 Å². The fraction of sp³-hybridized carbons (Fsp3) is 0.500. The van der Waals surface area contributed by atoms with Crippen LogP contribution in [0.2, 0.25) is 0 Å². The molecule has 7 nitrogen and oxygen atoms in total. The number of carbonyl (C=O) groups is 1. The molecule has 160 valence electrons. The Morgan fingerprint density at radius 2 is 2.00 bits per heavy atom. The van der Waals surface area contributed by atoms with Crippen LogP contribution in [0.1, 0.15) is 41.2 Å². The summed E-state index contributed by atoms with van der Waals surface area (Å²) in [5.41, 5.74) is 0. The lowest BCUT2D eigenvalue weighted by Gasteiger charge is -2.25. The van der Waals surface area contributed by atoms with Gasteiger partial charge in [-0.05, 0) is 56.4 Å². The van der Waals surface area contributed by atoms with Crippen LogP contribution in [-0.2, 0) is 0 Å². The van der Waals surface area contributed by atoms with Gasteiger partial charge >= 0.3 is 0 Å². The van der Waals surface area contributed by atoms with Crippen LogP contribution in [0, 0.1) is 0 Å². The molecule has 1 saturated heterocycles. The molecule has 2 aromatic heterocycles. The Labute approximate surface area is 193 Å². The van der Waals surface area contributed by atoms with Crippen LogP contribution in [0.4, 0.5) is 0 Å². The van der Waals surface area contributed by atoms with Crippen LogP contribution in [0.3, 0.4) is 0 Å². The summed E-state index contributed by atoms with van der Waals surface area (Å²) in [6.45, 7) is 6.91. The molecule has 29 heavy (non-hydrogen) atoms. The number of carbonyl (C=O) groups excluding carboxylic acids is 1. The number of likely N-dealkylation sites (tertiary alicyclic amines) is 1. The van der Waals surface area contributed by atoms with Gasteiger partial charge in [0.2, 0.25) is 0 Å². The van der Waals surface area contributed by atoms with Crippen molar-refractivity contribution in [1.82, 2.24) is 20.9 Å². The topological polar surface area (TPSA) is 81.9 Å². The summed E-state index contributed by atoms with van der Waals surface area (Å²) in [6, 6.07) is 7.99. The summed E-state index contributed by atoms with van der Waals surface area (Å²) in [4.78, 5) is 20.6. The molecule has 1 aliphatic rings. The molecule has 0 aliphatic carbocycles. The van der Waals surface area contributed by atoms with Crippen molar-refractivity contribution in [3.63, 3.8) is 0 Å². The third-order valence-electron chi connectivity index (χ3n) is 4.67. The van der Waals surface area contributed by atoms with Gasteiger partial charge in [-0.15, -0.1) is 35.3 Å². The highest BCUT2D eigenvalue weighted by Gasteiger charge is 2.24. The maximum Gasteiger partial charge on any atom is 0.287 e. The van der Waals surface area contributed by atoms with E-state index < -0.39 is 0 Å². The highest BCUT2D eigenvalue weighted by Crippen LogP contribution is 2.28. The molecule has 3 rings (SSSR count). The lowest BCUT2D eigenvalue weighted by molar-refractivity contribution is 0.0926. The van der Waals surface area contributed by atoms with Crippen LogP contribution < -0.4 is 16.0 Å². The number of amides is 1. The Balaban J connectivity index is 0.00000300. The summed E-state index contributed by atoms with van der Waals surface area (Å²) in [6.07, 6.45) is 4.02. The highest BCUT2D eigenvalue weighted by molar-refractivity contribution is 14.0. The molecule has 0 bridgehead atoms. The number of hydrogen-bond donors (Lipinski definition) is 3. The third kappa shape index (κ3) is 7.31. The number of nitrogens with one attached hydrogen (secondary N) is 3. The summed E-state index contributed by atoms with van der Waals surface area (Å²) in [5.74, 6) is 0.890. The Bertz CT molecular complexity index is 730. The van der Waals surface area contributed by atoms with E-state index in [1.807, 2.05) is 6.92 Å². The molecule has 0 aromatic carbocycles. The smallest absolute Gasteiger partial charge is 0.287 e. The first-order chi connectivity index (χ1) is 13.8. The average molecular weight is 531 g/mol. The van der Waals surface area contributed by atoms with Crippen molar-refractivity contribution < 1.29 is 9.21 Å². The van der Waals surface area contributed by atoms with Gasteiger partial charge in [0.1, 0.15) is 0 Å². The summed E-state index contributed by atoms with van der Waals surface area (Å²) >= 11 is 1.80. The number of aliphatic imine (C=N–C) groups is 1. The number of nitrogens with zero attached hydrogens (tertiary/aromatic N) is 2. The van der Waals surface area contributed by atoms with Gasteiger partial charge < -0.3 is 20.4 Å². The van der Waals surface area contributed by atoms with E-state index in [-0.39, 0.29) is 29.9 Å². The molecular formula is C20H30IN5O2S. The van der Waals surface area contributed by atoms with Crippen molar-refractivity contribution in [1.29, 1.82) is 0 Å². The fourth-order valence-corrected chi connectivity index (χ4v) is 4.14. The number of guanidine groups is 1. The highest BCUT2D eigenvalue weighted by atomic mass is 127. The van der Waals surface area contributed by atoms with Gasteiger partial charge in [-0.3, -0.25) is 14.7 Å². The first-order valence-corrected chi connectivity index (χ1v) is 10.8. The quantitative estimate of drug-likeness (QED) is 0.201. The predicted molar refractivity (Wildman–Crippen MR) is 128 cm³/mol. The average Bonchev–Trinajstić information content (AvgIpc) is 3.48. The third-order valence-corrected chi connectivity index (χ3v) is 5.64. The SMILES string of the molecule is CCNC(=NCC(c1cccs1)N1CCCC1)NCCNC(=O)c1ccco1.I. The lowest BCUT2D eigenvalue weighted by atomic mass is 10.2. The number of thiophene rings is 1. The van der Waals surface area contributed by atoms with Gasteiger partial charge in [-0.2, -0.15) is 0 Å². The molecule has 1 atom stereocenters. The Morgan fingerprint density at radius 3 is 2.66 bits per heavy atom. The Morgan fingerprint density at radius 1 is 1.21 bits per heavy atom. The van der Waals surface area contributed by atoms with E-state index in [1.54, 1.807) is 23.5 Å². The minimum atomic E-state index is -0.208. The second kappa shape index (κ2) is 12.9. The molecule has 0 saturated carbocycles. The van der Waals surface area contributed by atoms with Gasteiger partial charge in [-0.1, -0.05) is 6.07 Å². The molecular weight excluding hydrogens is 501 g/mol. The number of rotatable bonds is 9. The van der Waals surface area contributed by atoms with E-state index in [1.165, 1.54) is 24.0 Å². The van der Waals surface area contributed by atoms with Crippen LogP contribution in [0.25, 0.3) is 0 Å². The van der Waals surface area contributed by atoms with E-state index in [9.17, 15) is 4.79 Å². The van der Waals surface area contributed by atoms with Gasteiger partial charge in [0.05, 0.1) is 18.8 Å². The van der Waals surface area contributed by atoms with Crippen LogP contribution >= 0.6 is 35.3 Å². The van der Waals surface area contributed by atoms with E-state index in [4.69, 9.17) is 9.41 Å². The molecule has 0 spiro atoms. The maximum atomic E-state index is 11.9. The van der Waals surface area contributed by atoms with Crippen molar-refractivity contribution in [2.24, 2.45) is 4.99 Å². The first kappa shape index (κ1) is 23.7. The molecule has 0 radical (unpaired) electrons. The largest absolute Gasteiger partial charge is 0.459 e. The first-order valence-electron chi connectivity index (χ1n) is 9.89. The van der Waals surface area contributed by atoms with E-state index >= 15 is 0 Å². The second-order valence-electron chi connectivity index (χ2n) is 6.65. The lowest BCUT2D eigenvalue weighted by Crippen LogP contribution is -2.42. The molecule has 2 aromatic rings. The minimum absolute atomic E-state index is 0. The van der Waals surface area contributed by atoms with Gasteiger partial charge in [-0.25, -0.2) is 0 Å². The zero-order valence-corrected chi connectivity index (χ0v) is 19.9. The minimum Gasteiger partial charge on any atom is -0.459 e. The molecule has 3 heterocycles. The molecule has 1 aliphatic heterocycles. The number of hydrogen-bond acceptors (Lipinski definition) is 5. The summed E-state index contributed by atoms with van der Waals surface area (Å²) < 4.78 is 5.09. The Kier molecular flexibility index (Phi) is 10.5. The maximum absolute atomic E-state index is 11.9. The molecule has 3 N–H and O–H groups in total. The zero-order valence-electron chi connectivity index (χ0n) is 16.7. The van der Waals surface area contributed by atoms with Crippen molar-refractivity contribution >= 4 is 47.2 Å². The zero-order chi connectivity index (χ0) is 19.6. The summed E-state index contributed by atoms with van der Waals surface area (Å²) in [7, 11) is 0. The van der Waals surface area contributed by atoms with Gasteiger partial charge in [0.25, 0.3) is 5.91 Å². The van der Waals surface area contributed by atoms with E-state index in [0.29, 0.717) is 31.4 Å². The van der Waals surface area contributed by atoms with Gasteiger partial charge in [0.15, 0.2) is 11.7 Å². The van der Waals surface area contributed by atoms with Crippen LogP contribution in [0.5, 0.6) is 0 Å². The number of halogens is 1. The van der Waals surface area contributed by atoms with Gasteiger partial charge in [0, 0.05) is 24.5 Å². The molecule has 1 fully saturated rings. The molecule has 9 heteroatoms. The van der Waals surface area contributed by atoms with Crippen LogP contribution in [0.15, 0.2) is 45.3 Å². The Hall–Kier alpha value is -1.59. The fourth-order valence-electron chi connectivity index (χ4n) is 3.29. The summed E-state index contributed by atoms with van der Waals surface area (Å²) in [5, 5.41) is 11.5. The normalized spacial score (nSPS) is 15.6. The van der Waals surface area contributed by atoms with Crippen LogP contribution in [-0.4, -0.2) is 56.0 Å². The van der Waals surface area contributed by atoms with Crippen molar-refractivity contribution in [2.75, 3.05) is 39.3 Å². The van der Waals surface area contributed by atoms with E-state index in [2.05, 4.69) is 38.4 Å². The monoisotopic (exact) mass is 531 g/mol. The standard InChI is InChI=1S/C20H29N5O2S.HI/c1-2-21-20(23-10-9-22-19(26)17-7-5-13-27-17)24-15-16(18-8-6-14-28-18)25-11-3-4-12-25;/h5-8,13-14,16H,2-4,9-12,15H2,1H3,(H,22,26)(H2,21,23,24);1H. The van der Waals surface area contributed by atoms with Crippen molar-refractivity contribution in [3.8, 4) is 0 Å². The number of furan rings is 1. The van der Waals surface area contributed by atoms with Crippen molar-refractivity contribution in [3.05, 3.63) is 46.5 Å². The molecule has 1 amide bonds. The van der Waals surface area contributed by atoms with Crippen molar-refractivity contribution in [2.45, 2.75) is 25.8 Å². The molecule has 1 unspecified atom stereocenters. The predicted octanol–water partition coefficient (Wildman–Crippen LogP) is 3.08.